The Bertz CT molecular complexity index is 963. The van der Waals surface area contributed by atoms with E-state index in [1.54, 1.807) is 36.4 Å². The van der Waals surface area contributed by atoms with E-state index in [1.807, 2.05) is 6.07 Å². The fraction of sp³-hybridized carbons (Fsp3) is 0.0625. The van der Waals surface area contributed by atoms with E-state index in [-0.39, 0.29) is 11.7 Å². The van der Waals surface area contributed by atoms with Gasteiger partial charge in [0.15, 0.2) is 5.82 Å². The second-order valence-corrected chi connectivity index (χ2v) is 7.37. The van der Waals surface area contributed by atoms with Gasteiger partial charge in [0.1, 0.15) is 0 Å². The smallest absolute Gasteiger partial charge is 0.234 e. The predicted molar refractivity (Wildman–Crippen MR) is 106 cm³/mol. The van der Waals surface area contributed by atoms with Gasteiger partial charge in [0.25, 0.3) is 0 Å². The zero-order valence-electron chi connectivity index (χ0n) is 13.1. The van der Waals surface area contributed by atoms with Gasteiger partial charge < -0.3 is 11.2 Å². The van der Waals surface area contributed by atoms with E-state index in [2.05, 4.69) is 15.5 Å². The first-order valence-corrected chi connectivity index (χ1v) is 9.40. The second-order valence-electron chi connectivity index (χ2n) is 5.15. The van der Waals surface area contributed by atoms with Crippen LogP contribution in [0.5, 0.6) is 0 Å². The van der Waals surface area contributed by atoms with Gasteiger partial charge in [0.05, 0.1) is 16.5 Å². The highest BCUT2D eigenvalue weighted by Gasteiger charge is 2.14. The van der Waals surface area contributed by atoms with Crippen LogP contribution < -0.4 is 11.2 Å². The number of hydrogen-bond acceptors (Lipinski definition) is 5. The summed E-state index contributed by atoms with van der Waals surface area (Å²) in [6.07, 6.45) is 0. The van der Waals surface area contributed by atoms with E-state index in [4.69, 9.17) is 40.6 Å². The fourth-order valence-electron chi connectivity index (χ4n) is 2.11. The highest BCUT2D eigenvalue weighted by Crippen LogP contribution is 2.26. The Morgan fingerprint density at radius 3 is 2.62 bits per heavy atom. The molecular weight excluding hydrogens is 417 g/mol. The van der Waals surface area contributed by atoms with Crippen molar-refractivity contribution in [2.75, 3.05) is 16.9 Å². The lowest BCUT2D eigenvalue weighted by molar-refractivity contribution is -0.113. The molecule has 0 saturated carbocycles. The van der Waals surface area contributed by atoms with Crippen molar-refractivity contribution in [3.05, 3.63) is 57.5 Å². The van der Waals surface area contributed by atoms with Gasteiger partial charge in [0.2, 0.25) is 11.1 Å². The number of nitrogen functional groups attached to an aromatic ring is 1. The molecule has 0 fully saturated rings. The molecule has 134 valence electrons. The van der Waals surface area contributed by atoms with E-state index in [0.717, 1.165) is 17.3 Å². The summed E-state index contributed by atoms with van der Waals surface area (Å²) < 4.78 is 1.32. The van der Waals surface area contributed by atoms with Crippen molar-refractivity contribution < 1.29 is 4.79 Å². The molecule has 0 unspecified atom stereocenters. The van der Waals surface area contributed by atoms with Crippen molar-refractivity contribution >= 4 is 58.2 Å². The number of hydrogen-bond donors (Lipinski definition) is 2. The topological polar surface area (TPSA) is 85.8 Å². The minimum absolute atomic E-state index is 0.0871. The molecule has 26 heavy (non-hydrogen) atoms. The zero-order valence-corrected chi connectivity index (χ0v) is 16.2. The van der Waals surface area contributed by atoms with E-state index >= 15 is 0 Å². The molecule has 1 amide bonds. The highest BCUT2D eigenvalue weighted by molar-refractivity contribution is 7.99. The number of thioether (sulfide) groups is 1. The van der Waals surface area contributed by atoms with Gasteiger partial charge in [-0.3, -0.25) is 4.79 Å². The summed E-state index contributed by atoms with van der Waals surface area (Å²) in [6.45, 7) is 0. The average molecular weight is 429 g/mol. The molecule has 2 aromatic carbocycles. The van der Waals surface area contributed by atoms with Crippen molar-refractivity contribution in [1.82, 2.24) is 14.9 Å². The molecule has 0 aliphatic heterocycles. The van der Waals surface area contributed by atoms with Crippen LogP contribution in [0.4, 0.5) is 5.69 Å². The number of carbonyl (C=O) groups excluding carboxylic acids is 1. The molecule has 3 N–H and O–H groups in total. The van der Waals surface area contributed by atoms with E-state index in [0.29, 0.717) is 31.7 Å². The minimum atomic E-state index is -0.258. The van der Waals surface area contributed by atoms with Crippen LogP contribution in [0.1, 0.15) is 0 Å². The van der Waals surface area contributed by atoms with Crippen molar-refractivity contribution in [3.8, 4) is 11.4 Å². The Balaban J connectivity index is 1.66. The van der Waals surface area contributed by atoms with E-state index in [9.17, 15) is 4.79 Å². The quantitative estimate of drug-likeness (QED) is 0.466. The Labute approximate surface area is 168 Å². The number of rotatable bonds is 5. The molecule has 0 aliphatic rings. The molecule has 0 radical (unpaired) electrons. The van der Waals surface area contributed by atoms with Crippen LogP contribution in [0, 0.1) is 0 Å². The predicted octanol–water partition coefficient (Wildman–Crippen LogP) is 4.35. The first kappa shape index (κ1) is 18.8. The summed E-state index contributed by atoms with van der Waals surface area (Å²) >= 11 is 19.0. The molecule has 0 atom stereocenters. The maximum absolute atomic E-state index is 12.1. The lowest BCUT2D eigenvalue weighted by Crippen LogP contribution is -2.16. The minimum Gasteiger partial charge on any atom is -0.335 e. The van der Waals surface area contributed by atoms with Crippen LogP contribution in [0.15, 0.2) is 47.6 Å². The SMILES string of the molecule is Nn1c(SCC(=O)Nc2ccc(Cl)cc2Cl)nnc1-c1cccc(Cl)c1. The van der Waals surface area contributed by atoms with Crippen LogP contribution in [0.2, 0.25) is 15.1 Å². The molecule has 0 aliphatic carbocycles. The Hall–Kier alpha value is -1.93. The van der Waals surface area contributed by atoms with Gasteiger partial charge in [-0.25, -0.2) is 4.68 Å². The number of benzene rings is 2. The highest BCUT2D eigenvalue weighted by atomic mass is 35.5. The van der Waals surface area contributed by atoms with Gasteiger partial charge in [-0.1, -0.05) is 58.7 Å². The van der Waals surface area contributed by atoms with Crippen LogP contribution >= 0.6 is 46.6 Å². The summed E-state index contributed by atoms with van der Waals surface area (Å²) in [4.78, 5) is 12.1. The molecule has 3 aromatic rings. The standard InChI is InChI=1S/C16H12Cl3N5OS/c17-10-3-1-2-9(6-10)15-22-23-16(24(15)20)26-8-14(25)21-13-5-4-11(18)7-12(13)19/h1-7H,8,20H2,(H,21,25). The Morgan fingerprint density at radius 2 is 1.88 bits per heavy atom. The molecule has 0 bridgehead atoms. The lowest BCUT2D eigenvalue weighted by Gasteiger charge is -2.07. The third-order valence-electron chi connectivity index (χ3n) is 3.28. The number of halogens is 3. The second kappa shape index (κ2) is 8.18. The molecular formula is C16H12Cl3N5OS. The van der Waals surface area contributed by atoms with Gasteiger partial charge in [-0.15, -0.1) is 10.2 Å². The summed E-state index contributed by atoms with van der Waals surface area (Å²) in [5.74, 6) is 6.31. The summed E-state index contributed by atoms with van der Waals surface area (Å²) in [6, 6.07) is 11.9. The summed E-state index contributed by atoms with van der Waals surface area (Å²) in [5.41, 5.74) is 1.22. The maximum atomic E-state index is 12.1. The van der Waals surface area contributed by atoms with Gasteiger partial charge in [-0.2, -0.15) is 0 Å². The first-order chi connectivity index (χ1) is 12.4. The normalized spacial score (nSPS) is 10.7. The van der Waals surface area contributed by atoms with E-state index < -0.39 is 0 Å². The first-order valence-electron chi connectivity index (χ1n) is 7.28. The number of carbonyl (C=O) groups is 1. The third kappa shape index (κ3) is 4.42. The Kier molecular flexibility index (Phi) is 5.93. The molecule has 1 aromatic heterocycles. The molecule has 0 saturated heterocycles. The van der Waals surface area contributed by atoms with Crippen LogP contribution in [-0.2, 0) is 4.79 Å². The van der Waals surface area contributed by atoms with Crippen molar-refractivity contribution in [1.29, 1.82) is 0 Å². The number of nitrogens with one attached hydrogen (secondary N) is 1. The van der Waals surface area contributed by atoms with E-state index in [1.165, 1.54) is 4.68 Å². The number of anilines is 1. The fourth-order valence-corrected chi connectivity index (χ4v) is 3.41. The molecule has 6 nitrogen and oxygen atoms in total. The van der Waals surface area contributed by atoms with Crippen molar-refractivity contribution in [2.45, 2.75) is 5.16 Å². The number of amides is 1. The lowest BCUT2D eigenvalue weighted by atomic mass is 10.2. The van der Waals surface area contributed by atoms with Crippen LogP contribution in [-0.4, -0.2) is 26.5 Å². The number of nitrogens with zero attached hydrogens (tertiary/aromatic N) is 3. The van der Waals surface area contributed by atoms with Crippen LogP contribution in [0.3, 0.4) is 0 Å². The summed E-state index contributed by atoms with van der Waals surface area (Å²) in [5, 5.41) is 12.6. The van der Waals surface area contributed by atoms with Gasteiger partial charge >= 0.3 is 0 Å². The number of nitrogens with two attached hydrogens (primary N) is 1. The van der Waals surface area contributed by atoms with Gasteiger partial charge in [-0.05, 0) is 30.3 Å². The van der Waals surface area contributed by atoms with Crippen molar-refractivity contribution in [2.24, 2.45) is 0 Å². The zero-order chi connectivity index (χ0) is 18.7. The third-order valence-corrected chi connectivity index (χ3v) is 5.01. The number of aromatic nitrogens is 3. The van der Waals surface area contributed by atoms with Crippen LogP contribution in [0.25, 0.3) is 11.4 Å². The summed E-state index contributed by atoms with van der Waals surface area (Å²) in [7, 11) is 0. The Morgan fingerprint density at radius 1 is 1.12 bits per heavy atom. The molecule has 3 rings (SSSR count). The van der Waals surface area contributed by atoms with Gasteiger partial charge in [0, 0.05) is 15.6 Å². The molecule has 10 heteroatoms. The van der Waals surface area contributed by atoms with Crippen molar-refractivity contribution in [3.63, 3.8) is 0 Å². The average Bonchev–Trinajstić information content (AvgIpc) is 2.96. The maximum Gasteiger partial charge on any atom is 0.234 e. The largest absolute Gasteiger partial charge is 0.335 e. The molecule has 0 spiro atoms. The molecule has 1 heterocycles. The monoisotopic (exact) mass is 427 g/mol.